The lowest BCUT2D eigenvalue weighted by atomic mass is 10.1. The predicted octanol–water partition coefficient (Wildman–Crippen LogP) is 4.37. The maximum Gasteiger partial charge on any atom is 0.321 e. The monoisotopic (exact) mass is 356 g/mol. The first kappa shape index (κ1) is 19.6. The molecule has 0 bridgehead atoms. The van der Waals surface area contributed by atoms with Gasteiger partial charge in [0, 0.05) is 14.1 Å². The smallest absolute Gasteiger partial charge is 0.321 e. The number of hydrogen-bond acceptors (Lipinski definition) is 3. The minimum Gasteiger partial charge on any atom is -0.493 e. The molecule has 0 fully saturated rings. The third kappa shape index (κ3) is 4.28. The van der Waals surface area contributed by atoms with Crippen LogP contribution < -0.4 is 19.7 Å². The second-order valence-electron chi connectivity index (χ2n) is 6.29. The van der Waals surface area contributed by atoms with E-state index in [1.165, 1.54) is 11.1 Å². The minimum absolute atomic E-state index is 0.192. The molecule has 2 aromatic carbocycles. The quantitative estimate of drug-likeness (QED) is 0.836. The summed E-state index contributed by atoms with van der Waals surface area (Å²) in [4.78, 5) is 13.6. The third-order valence-electron chi connectivity index (χ3n) is 4.45. The Balaban J connectivity index is 2.37. The first-order valence-electron chi connectivity index (χ1n) is 8.79. The molecule has 0 aliphatic heterocycles. The molecule has 0 aliphatic carbocycles. The topological polar surface area (TPSA) is 50.8 Å². The minimum atomic E-state index is -0.192. The van der Waals surface area contributed by atoms with Crippen LogP contribution in [0.1, 0.15) is 29.2 Å². The van der Waals surface area contributed by atoms with Crippen molar-refractivity contribution in [1.82, 2.24) is 5.32 Å². The number of carbonyl (C=O) groups is 1. The van der Waals surface area contributed by atoms with Crippen molar-refractivity contribution >= 4 is 11.7 Å². The van der Waals surface area contributed by atoms with E-state index < -0.39 is 0 Å². The van der Waals surface area contributed by atoms with Gasteiger partial charge in [-0.25, -0.2) is 4.79 Å². The molecule has 2 amide bonds. The van der Waals surface area contributed by atoms with Gasteiger partial charge in [-0.15, -0.1) is 0 Å². The molecule has 5 nitrogen and oxygen atoms in total. The Morgan fingerprint density at radius 2 is 1.73 bits per heavy atom. The SMILES string of the molecule is CCOc1cccc(N(C)C(=O)NC)c1COc1cc(C)c(C)cc1C. The van der Waals surface area contributed by atoms with Crippen LogP contribution in [-0.4, -0.2) is 26.7 Å². The summed E-state index contributed by atoms with van der Waals surface area (Å²) in [6.45, 7) is 8.99. The lowest BCUT2D eigenvalue weighted by Gasteiger charge is -2.23. The number of amides is 2. The number of urea groups is 1. The van der Waals surface area contributed by atoms with Gasteiger partial charge in [-0.05, 0) is 62.6 Å². The van der Waals surface area contributed by atoms with Crippen molar-refractivity contribution in [2.45, 2.75) is 34.3 Å². The van der Waals surface area contributed by atoms with E-state index in [1.54, 1.807) is 19.0 Å². The summed E-state index contributed by atoms with van der Waals surface area (Å²) in [5, 5.41) is 2.64. The van der Waals surface area contributed by atoms with Crippen molar-refractivity contribution in [1.29, 1.82) is 0 Å². The van der Waals surface area contributed by atoms with Gasteiger partial charge in [-0.3, -0.25) is 4.90 Å². The molecule has 0 atom stereocenters. The molecule has 0 saturated heterocycles. The van der Waals surface area contributed by atoms with E-state index in [9.17, 15) is 4.79 Å². The van der Waals surface area contributed by atoms with Gasteiger partial charge in [0.15, 0.2) is 0 Å². The Morgan fingerprint density at radius 1 is 1.04 bits per heavy atom. The fraction of sp³-hybridized carbons (Fsp3) is 0.381. The number of anilines is 1. The van der Waals surface area contributed by atoms with Crippen molar-refractivity contribution in [2.75, 3.05) is 25.6 Å². The predicted molar refractivity (Wildman–Crippen MR) is 105 cm³/mol. The van der Waals surface area contributed by atoms with Crippen LogP contribution in [0.2, 0.25) is 0 Å². The Kier molecular flexibility index (Phi) is 6.50. The highest BCUT2D eigenvalue weighted by molar-refractivity contribution is 5.92. The van der Waals surface area contributed by atoms with Gasteiger partial charge in [0.05, 0.1) is 17.9 Å². The van der Waals surface area contributed by atoms with E-state index in [4.69, 9.17) is 9.47 Å². The summed E-state index contributed by atoms with van der Waals surface area (Å²) >= 11 is 0. The van der Waals surface area contributed by atoms with E-state index in [2.05, 4.69) is 31.3 Å². The summed E-state index contributed by atoms with van der Waals surface area (Å²) in [5.74, 6) is 1.56. The number of benzene rings is 2. The Morgan fingerprint density at radius 3 is 2.38 bits per heavy atom. The first-order chi connectivity index (χ1) is 12.4. The van der Waals surface area contributed by atoms with Crippen molar-refractivity contribution in [3.8, 4) is 11.5 Å². The number of nitrogens with one attached hydrogen (secondary N) is 1. The van der Waals surface area contributed by atoms with Crippen LogP contribution in [0, 0.1) is 20.8 Å². The highest BCUT2D eigenvalue weighted by Gasteiger charge is 2.18. The Hall–Kier alpha value is -2.69. The van der Waals surface area contributed by atoms with Gasteiger partial charge in [-0.1, -0.05) is 12.1 Å². The van der Waals surface area contributed by atoms with Gasteiger partial charge in [0.1, 0.15) is 18.1 Å². The highest BCUT2D eigenvalue weighted by atomic mass is 16.5. The number of carbonyl (C=O) groups excluding carboxylic acids is 1. The average Bonchev–Trinajstić information content (AvgIpc) is 2.63. The molecular weight excluding hydrogens is 328 g/mol. The molecule has 0 radical (unpaired) electrons. The van der Waals surface area contributed by atoms with E-state index >= 15 is 0 Å². The normalized spacial score (nSPS) is 10.4. The second-order valence-corrected chi connectivity index (χ2v) is 6.29. The van der Waals surface area contributed by atoms with Gasteiger partial charge in [-0.2, -0.15) is 0 Å². The van der Waals surface area contributed by atoms with Gasteiger partial charge >= 0.3 is 6.03 Å². The summed E-state index contributed by atoms with van der Waals surface area (Å²) in [5.41, 5.74) is 5.12. The van der Waals surface area contributed by atoms with E-state index in [1.807, 2.05) is 32.0 Å². The van der Waals surface area contributed by atoms with Crippen LogP contribution in [-0.2, 0) is 6.61 Å². The molecule has 0 heterocycles. The maximum absolute atomic E-state index is 12.1. The average molecular weight is 356 g/mol. The summed E-state index contributed by atoms with van der Waals surface area (Å²) in [7, 11) is 3.34. The summed E-state index contributed by atoms with van der Waals surface area (Å²) in [6.07, 6.45) is 0. The van der Waals surface area contributed by atoms with Crippen LogP contribution in [0.5, 0.6) is 11.5 Å². The second kappa shape index (κ2) is 8.61. The molecule has 0 spiro atoms. The van der Waals surface area contributed by atoms with Crippen LogP contribution in [0.15, 0.2) is 30.3 Å². The molecule has 0 aromatic heterocycles. The number of nitrogens with zero attached hydrogens (tertiary/aromatic N) is 1. The maximum atomic E-state index is 12.1. The van der Waals surface area contributed by atoms with Gasteiger partial charge < -0.3 is 14.8 Å². The number of rotatable bonds is 6. The Bertz CT molecular complexity index is 787. The molecule has 2 rings (SSSR count). The molecule has 0 unspecified atom stereocenters. The molecular formula is C21H28N2O3. The summed E-state index contributed by atoms with van der Waals surface area (Å²) in [6, 6.07) is 9.65. The molecule has 0 aliphatic rings. The highest BCUT2D eigenvalue weighted by Crippen LogP contribution is 2.31. The van der Waals surface area contributed by atoms with E-state index in [0.29, 0.717) is 13.2 Å². The fourth-order valence-electron chi connectivity index (χ4n) is 2.82. The van der Waals surface area contributed by atoms with Crippen molar-refractivity contribution in [2.24, 2.45) is 0 Å². The molecule has 26 heavy (non-hydrogen) atoms. The molecule has 140 valence electrons. The summed E-state index contributed by atoms with van der Waals surface area (Å²) < 4.78 is 11.9. The third-order valence-corrected chi connectivity index (χ3v) is 4.45. The van der Waals surface area contributed by atoms with Crippen LogP contribution in [0.4, 0.5) is 10.5 Å². The zero-order valence-electron chi connectivity index (χ0n) is 16.5. The van der Waals surface area contributed by atoms with Crippen LogP contribution in [0.3, 0.4) is 0 Å². The standard InChI is InChI=1S/C21H28N2O3/c1-7-25-19-10-8-9-18(23(6)21(24)22-5)17(19)13-26-20-12-15(3)14(2)11-16(20)4/h8-12H,7,13H2,1-6H3,(H,22,24). The van der Waals surface area contributed by atoms with Crippen LogP contribution >= 0.6 is 0 Å². The lowest BCUT2D eigenvalue weighted by Crippen LogP contribution is -2.35. The van der Waals surface area contributed by atoms with Crippen molar-refractivity contribution < 1.29 is 14.3 Å². The Labute approximate surface area is 155 Å². The van der Waals surface area contributed by atoms with Crippen molar-refractivity contribution in [3.05, 3.63) is 52.6 Å². The number of hydrogen-bond donors (Lipinski definition) is 1. The largest absolute Gasteiger partial charge is 0.493 e. The van der Waals surface area contributed by atoms with E-state index in [-0.39, 0.29) is 6.03 Å². The van der Waals surface area contributed by atoms with E-state index in [0.717, 1.165) is 28.3 Å². The zero-order valence-corrected chi connectivity index (χ0v) is 16.5. The fourth-order valence-corrected chi connectivity index (χ4v) is 2.82. The molecule has 0 saturated carbocycles. The zero-order chi connectivity index (χ0) is 19.3. The van der Waals surface area contributed by atoms with Gasteiger partial charge in [0.25, 0.3) is 0 Å². The van der Waals surface area contributed by atoms with Crippen LogP contribution in [0.25, 0.3) is 0 Å². The van der Waals surface area contributed by atoms with Crippen molar-refractivity contribution in [3.63, 3.8) is 0 Å². The molecule has 2 aromatic rings. The molecule has 5 heteroatoms. The lowest BCUT2D eigenvalue weighted by molar-refractivity contribution is 0.249. The van der Waals surface area contributed by atoms with Gasteiger partial charge in [0.2, 0.25) is 0 Å². The first-order valence-corrected chi connectivity index (χ1v) is 8.79. The number of ether oxygens (including phenoxy) is 2. The number of aryl methyl sites for hydroxylation is 3. The molecule has 1 N–H and O–H groups in total.